The summed E-state index contributed by atoms with van der Waals surface area (Å²) in [5.41, 5.74) is 0.683. The average molecular weight is 677 g/mol. The molecule has 0 radical (unpaired) electrons. The van der Waals surface area contributed by atoms with Crippen molar-refractivity contribution in [2.24, 2.45) is 0 Å². The van der Waals surface area contributed by atoms with Gasteiger partial charge >= 0.3 is 5.97 Å². The third kappa shape index (κ3) is 33.9. The van der Waals surface area contributed by atoms with Crippen LogP contribution >= 0.6 is 0 Å². The molecule has 0 amide bonds. The molecule has 0 heterocycles. The Balaban J connectivity index is 1.63. The Morgan fingerprint density at radius 1 is 0.426 bits per heavy atom. The summed E-state index contributed by atoms with van der Waals surface area (Å²) in [5, 5.41) is 0. The molecule has 0 fully saturated rings. The number of carbonyl (C=O) groups excluding carboxylic acids is 1. The van der Waals surface area contributed by atoms with E-state index in [0.29, 0.717) is 145 Å². The molecule has 1 aromatic rings. The summed E-state index contributed by atoms with van der Waals surface area (Å²) < 4.78 is 65.4. The van der Waals surface area contributed by atoms with Gasteiger partial charge in [0.2, 0.25) is 0 Å². The zero-order valence-electron chi connectivity index (χ0n) is 29.0. The average Bonchev–Trinajstić information content (AvgIpc) is 3.04. The molecular formula is C34H60O13. The van der Waals surface area contributed by atoms with Crippen LogP contribution in [0.1, 0.15) is 32.8 Å². The maximum Gasteiger partial charge on any atom is 0.308 e. The van der Waals surface area contributed by atoms with E-state index in [2.05, 4.69) is 0 Å². The van der Waals surface area contributed by atoms with Gasteiger partial charge in [-0.2, -0.15) is 0 Å². The Kier molecular flexibility index (Phi) is 30.2. The smallest absolute Gasteiger partial charge is 0.308 e. The van der Waals surface area contributed by atoms with E-state index in [9.17, 15) is 4.79 Å². The van der Waals surface area contributed by atoms with Crippen molar-refractivity contribution >= 4 is 5.97 Å². The minimum absolute atomic E-state index is 0.232. The number of rotatable bonds is 35. The summed E-state index contributed by atoms with van der Waals surface area (Å²) in [6, 6.07) is 10.1. The van der Waals surface area contributed by atoms with E-state index < -0.39 is 5.60 Å². The van der Waals surface area contributed by atoms with Crippen LogP contribution in [0.5, 0.6) is 0 Å². The quantitative estimate of drug-likeness (QED) is 0.0773. The van der Waals surface area contributed by atoms with Gasteiger partial charge in [0.05, 0.1) is 152 Å². The fraction of sp³-hybridized carbons (Fsp3) is 0.794. The van der Waals surface area contributed by atoms with Crippen molar-refractivity contribution in [1.29, 1.82) is 0 Å². The van der Waals surface area contributed by atoms with Crippen LogP contribution in [0.15, 0.2) is 30.3 Å². The van der Waals surface area contributed by atoms with E-state index in [1.54, 1.807) is 0 Å². The Morgan fingerprint density at radius 3 is 1.00 bits per heavy atom. The zero-order valence-corrected chi connectivity index (χ0v) is 29.0. The minimum atomic E-state index is -0.473. The van der Waals surface area contributed by atoms with Gasteiger partial charge in [-0.25, -0.2) is 0 Å². The largest absolute Gasteiger partial charge is 0.460 e. The van der Waals surface area contributed by atoms with Crippen LogP contribution in [0.3, 0.4) is 0 Å². The Morgan fingerprint density at radius 2 is 0.702 bits per heavy atom. The number of benzene rings is 1. The molecule has 0 spiro atoms. The molecule has 13 nitrogen and oxygen atoms in total. The van der Waals surface area contributed by atoms with Gasteiger partial charge in [0.1, 0.15) is 5.60 Å². The Bertz CT molecular complexity index is 792. The number of esters is 1. The van der Waals surface area contributed by atoms with Crippen LogP contribution in [-0.2, 0) is 68.2 Å². The first kappa shape index (κ1) is 43.3. The summed E-state index contributed by atoms with van der Waals surface area (Å²) >= 11 is 0. The highest BCUT2D eigenvalue weighted by atomic mass is 16.6. The molecule has 13 heteroatoms. The van der Waals surface area contributed by atoms with Crippen LogP contribution < -0.4 is 0 Å². The van der Waals surface area contributed by atoms with Crippen LogP contribution in [0, 0.1) is 0 Å². The molecule has 1 rings (SSSR count). The molecule has 0 N–H and O–H groups in total. The van der Waals surface area contributed by atoms with Gasteiger partial charge in [0.15, 0.2) is 0 Å². The van der Waals surface area contributed by atoms with Crippen LogP contribution in [0.4, 0.5) is 0 Å². The lowest BCUT2D eigenvalue weighted by Crippen LogP contribution is -2.24. The molecular weight excluding hydrogens is 616 g/mol. The second-order valence-electron chi connectivity index (χ2n) is 11.0. The summed E-state index contributed by atoms with van der Waals surface area (Å²) in [5.74, 6) is -0.264. The fourth-order valence-corrected chi connectivity index (χ4v) is 3.51. The van der Waals surface area contributed by atoms with Crippen molar-refractivity contribution in [3.05, 3.63) is 35.9 Å². The zero-order chi connectivity index (χ0) is 33.9. The molecule has 0 aromatic heterocycles. The molecule has 0 atom stereocenters. The third-order valence-electron chi connectivity index (χ3n) is 5.70. The summed E-state index contributed by atoms with van der Waals surface area (Å²) in [7, 11) is 0. The third-order valence-corrected chi connectivity index (χ3v) is 5.70. The number of carbonyl (C=O) groups is 1. The van der Waals surface area contributed by atoms with Crippen LogP contribution in [-0.4, -0.2) is 150 Å². The number of hydrogen-bond donors (Lipinski definition) is 0. The van der Waals surface area contributed by atoms with Crippen LogP contribution in [0.25, 0.3) is 0 Å². The lowest BCUT2D eigenvalue weighted by molar-refractivity contribution is -0.156. The van der Waals surface area contributed by atoms with Crippen molar-refractivity contribution in [1.82, 2.24) is 0 Å². The summed E-state index contributed by atoms with van der Waals surface area (Å²) in [6.45, 7) is 16.4. The molecule has 0 bridgehead atoms. The van der Waals surface area contributed by atoms with E-state index >= 15 is 0 Å². The number of hydrogen-bond acceptors (Lipinski definition) is 13. The van der Waals surface area contributed by atoms with Gasteiger partial charge in [0, 0.05) is 0 Å². The Hall–Kier alpha value is -1.75. The molecule has 0 aliphatic rings. The van der Waals surface area contributed by atoms with E-state index in [0.717, 1.165) is 5.56 Å². The molecule has 274 valence electrons. The monoisotopic (exact) mass is 676 g/mol. The van der Waals surface area contributed by atoms with Crippen molar-refractivity contribution in [2.45, 2.75) is 39.4 Å². The lowest BCUT2D eigenvalue weighted by atomic mass is 10.2. The van der Waals surface area contributed by atoms with Gasteiger partial charge in [-0.05, 0) is 26.3 Å². The Labute approximate surface area is 281 Å². The highest BCUT2D eigenvalue weighted by Gasteiger charge is 2.15. The van der Waals surface area contributed by atoms with Gasteiger partial charge < -0.3 is 56.8 Å². The predicted octanol–water partition coefficient (Wildman–Crippen LogP) is 3.10. The van der Waals surface area contributed by atoms with Gasteiger partial charge in [-0.1, -0.05) is 30.3 Å². The van der Waals surface area contributed by atoms with Gasteiger partial charge in [0.25, 0.3) is 0 Å². The SMILES string of the molecule is CC(C)(C)OC(=O)CCOCCOCCOCCOCCOCCOCCOCCOCCOCCOCCOCc1ccccc1. The first-order valence-electron chi connectivity index (χ1n) is 16.6. The standard InChI is InChI=1S/C34H60O13/c1-34(2,3)47-33(35)9-10-36-11-12-37-13-14-38-15-16-39-17-18-40-19-20-41-21-22-42-23-24-43-25-26-44-27-28-45-29-30-46-31-32-7-5-4-6-8-32/h4-8H,9-31H2,1-3H3. The second-order valence-corrected chi connectivity index (χ2v) is 11.0. The molecule has 0 saturated heterocycles. The van der Waals surface area contributed by atoms with E-state index in [-0.39, 0.29) is 12.4 Å². The normalized spacial score (nSPS) is 11.7. The van der Waals surface area contributed by atoms with Gasteiger partial charge in [-0.3, -0.25) is 4.79 Å². The highest BCUT2D eigenvalue weighted by molar-refractivity contribution is 5.69. The van der Waals surface area contributed by atoms with E-state index in [4.69, 9.17) is 56.8 Å². The van der Waals surface area contributed by atoms with Crippen molar-refractivity contribution in [3.63, 3.8) is 0 Å². The maximum absolute atomic E-state index is 11.6. The summed E-state index contributed by atoms with van der Waals surface area (Å²) in [6.07, 6.45) is 0.232. The second kappa shape index (κ2) is 32.8. The first-order valence-corrected chi connectivity index (χ1v) is 16.6. The molecule has 1 aromatic carbocycles. The van der Waals surface area contributed by atoms with Crippen molar-refractivity contribution < 1.29 is 61.6 Å². The minimum Gasteiger partial charge on any atom is -0.460 e. The van der Waals surface area contributed by atoms with Crippen LogP contribution in [0.2, 0.25) is 0 Å². The summed E-state index contributed by atoms with van der Waals surface area (Å²) in [4.78, 5) is 11.6. The van der Waals surface area contributed by atoms with E-state index in [1.165, 1.54) is 0 Å². The lowest BCUT2D eigenvalue weighted by Gasteiger charge is -2.19. The fourth-order valence-electron chi connectivity index (χ4n) is 3.51. The molecule has 47 heavy (non-hydrogen) atoms. The predicted molar refractivity (Wildman–Crippen MR) is 175 cm³/mol. The molecule has 0 aliphatic carbocycles. The van der Waals surface area contributed by atoms with Crippen molar-refractivity contribution in [3.8, 4) is 0 Å². The highest BCUT2D eigenvalue weighted by Crippen LogP contribution is 2.08. The maximum atomic E-state index is 11.6. The topological polar surface area (TPSA) is 128 Å². The first-order chi connectivity index (χ1) is 23.0. The van der Waals surface area contributed by atoms with Gasteiger partial charge in [-0.15, -0.1) is 0 Å². The van der Waals surface area contributed by atoms with Crippen molar-refractivity contribution in [2.75, 3.05) is 139 Å². The number of ether oxygens (including phenoxy) is 12. The molecule has 0 saturated carbocycles. The molecule has 0 aliphatic heterocycles. The molecule has 0 unspecified atom stereocenters. The van der Waals surface area contributed by atoms with E-state index in [1.807, 2.05) is 51.1 Å².